The van der Waals surface area contributed by atoms with Crippen LogP contribution in [0.5, 0.6) is 5.75 Å². The van der Waals surface area contributed by atoms with Gasteiger partial charge in [-0.15, -0.1) is 0 Å². The molecule has 0 radical (unpaired) electrons. The number of hydrogen-bond donors (Lipinski definition) is 1. The van der Waals surface area contributed by atoms with Crippen molar-refractivity contribution in [3.8, 4) is 5.75 Å². The van der Waals surface area contributed by atoms with Crippen LogP contribution < -0.4 is 4.74 Å². The normalized spacial score (nSPS) is 13.3. The highest BCUT2D eigenvalue weighted by Gasteiger charge is 2.41. The Balaban J connectivity index is 2.52. The minimum Gasteiger partial charge on any atom is -0.497 e. The van der Waals surface area contributed by atoms with E-state index in [0.717, 1.165) is 0 Å². The molecular weight excluding hydrogens is 270 g/mol. The van der Waals surface area contributed by atoms with Gasteiger partial charge in [-0.2, -0.15) is 0 Å². The number of pyridine rings is 1. The van der Waals surface area contributed by atoms with Crippen LogP contribution in [0.2, 0.25) is 0 Å². The zero-order valence-corrected chi connectivity index (χ0v) is 11.9. The number of aromatic nitrogens is 1. The molecular formula is C16H17NO4. The average Bonchev–Trinajstić information content (AvgIpc) is 2.55. The summed E-state index contributed by atoms with van der Waals surface area (Å²) in [7, 11) is 1.55. The zero-order chi connectivity index (χ0) is 15.3. The van der Waals surface area contributed by atoms with E-state index >= 15 is 0 Å². The summed E-state index contributed by atoms with van der Waals surface area (Å²) < 4.78 is 10.1. The predicted octanol–water partition coefficient (Wildman–Crippen LogP) is 1.89. The summed E-state index contributed by atoms with van der Waals surface area (Å²) in [5.74, 6) is -0.0979. The number of hydrogen-bond acceptors (Lipinski definition) is 5. The maximum absolute atomic E-state index is 12.3. The standard InChI is InChI=1S/C16H17NO4/c1-3-21-15(18)16(19,13-5-4-10-17-11-13)12-6-8-14(20-2)9-7-12/h4-11,19H,3H2,1-2H3/t16-/m1/s1. The molecule has 1 atom stereocenters. The molecule has 0 spiro atoms. The van der Waals surface area contributed by atoms with Crippen LogP contribution in [0, 0.1) is 0 Å². The van der Waals surface area contributed by atoms with E-state index in [0.29, 0.717) is 16.9 Å². The molecule has 0 aliphatic carbocycles. The van der Waals surface area contributed by atoms with E-state index in [1.807, 2.05) is 0 Å². The molecule has 0 fully saturated rings. The fourth-order valence-corrected chi connectivity index (χ4v) is 2.05. The summed E-state index contributed by atoms with van der Waals surface area (Å²) in [6, 6.07) is 9.90. The van der Waals surface area contributed by atoms with Gasteiger partial charge in [0.15, 0.2) is 0 Å². The molecule has 0 saturated heterocycles. The maximum Gasteiger partial charge on any atom is 0.347 e. The number of carbonyl (C=O) groups excluding carboxylic acids is 1. The highest BCUT2D eigenvalue weighted by molar-refractivity contribution is 5.85. The van der Waals surface area contributed by atoms with Gasteiger partial charge >= 0.3 is 5.97 Å². The lowest BCUT2D eigenvalue weighted by molar-refractivity contribution is -0.161. The highest BCUT2D eigenvalue weighted by atomic mass is 16.5. The lowest BCUT2D eigenvalue weighted by atomic mass is 9.87. The van der Waals surface area contributed by atoms with Gasteiger partial charge in [-0.1, -0.05) is 18.2 Å². The number of ether oxygens (including phenoxy) is 2. The molecule has 0 saturated carbocycles. The summed E-state index contributed by atoms with van der Waals surface area (Å²) in [5.41, 5.74) is -1.14. The quantitative estimate of drug-likeness (QED) is 0.850. The average molecular weight is 287 g/mol. The summed E-state index contributed by atoms with van der Waals surface area (Å²) in [6.45, 7) is 1.87. The summed E-state index contributed by atoms with van der Waals surface area (Å²) >= 11 is 0. The molecule has 5 nitrogen and oxygen atoms in total. The van der Waals surface area contributed by atoms with Crippen LogP contribution >= 0.6 is 0 Å². The Morgan fingerprint density at radius 2 is 1.95 bits per heavy atom. The largest absolute Gasteiger partial charge is 0.497 e. The van der Waals surface area contributed by atoms with Crippen LogP contribution in [-0.2, 0) is 15.1 Å². The number of carbonyl (C=O) groups is 1. The Morgan fingerprint density at radius 3 is 2.48 bits per heavy atom. The third kappa shape index (κ3) is 2.87. The van der Waals surface area contributed by atoms with Crippen LogP contribution in [0.4, 0.5) is 0 Å². The Hall–Kier alpha value is -2.40. The zero-order valence-electron chi connectivity index (χ0n) is 11.9. The first-order valence-electron chi connectivity index (χ1n) is 6.57. The van der Waals surface area contributed by atoms with Crippen molar-refractivity contribution in [1.29, 1.82) is 0 Å². The van der Waals surface area contributed by atoms with E-state index in [1.165, 1.54) is 6.20 Å². The molecule has 2 rings (SSSR count). The minimum absolute atomic E-state index is 0.178. The Kier molecular flexibility index (Phi) is 4.55. The van der Waals surface area contributed by atoms with Crippen molar-refractivity contribution in [2.24, 2.45) is 0 Å². The third-order valence-corrected chi connectivity index (χ3v) is 3.16. The third-order valence-electron chi connectivity index (χ3n) is 3.16. The summed E-state index contributed by atoms with van der Waals surface area (Å²) in [6.07, 6.45) is 3.02. The molecule has 1 N–H and O–H groups in total. The molecule has 0 amide bonds. The second kappa shape index (κ2) is 6.37. The van der Waals surface area contributed by atoms with Crippen molar-refractivity contribution in [2.45, 2.75) is 12.5 Å². The monoisotopic (exact) mass is 287 g/mol. The van der Waals surface area contributed by atoms with E-state index in [-0.39, 0.29) is 6.61 Å². The minimum atomic E-state index is -1.89. The smallest absolute Gasteiger partial charge is 0.347 e. The van der Waals surface area contributed by atoms with Crippen LogP contribution in [0.25, 0.3) is 0 Å². The molecule has 1 aromatic heterocycles. The van der Waals surface area contributed by atoms with Crippen molar-refractivity contribution in [3.05, 3.63) is 59.9 Å². The Morgan fingerprint density at radius 1 is 1.24 bits per heavy atom. The maximum atomic E-state index is 12.3. The number of nitrogens with zero attached hydrogens (tertiary/aromatic N) is 1. The molecule has 5 heteroatoms. The van der Waals surface area contributed by atoms with Gasteiger partial charge in [0.2, 0.25) is 5.60 Å². The van der Waals surface area contributed by atoms with Gasteiger partial charge in [-0.25, -0.2) is 4.79 Å². The molecule has 0 aliphatic heterocycles. The van der Waals surface area contributed by atoms with Crippen molar-refractivity contribution in [2.75, 3.05) is 13.7 Å². The summed E-state index contributed by atoms with van der Waals surface area (Å²) in [5, 5.41) is 11.0. The fourth-order valence-electron chi connectivity index (χ4n) is 2.05. The van der Waals surface area contributed by atoms with Crippen LogP contribution in [-0.4, -0.2) is 29.8 Å². The van der Waals surface area contributed by atoms with Crippen molar-refractivity contribution in [3.63, 3.8) is 0 Å². The highest BCUT2D eigenvalue weighted by Crippen LogP contribution is 2.31. The number of benzene rings is 1. The fraction of sp³-hybridized carbons (Fsp3) is 0.250. The second-order valence-corrected chi connectivity index (χ2v) is 4.40. The van der Waals surface area contributed by atoms with E-state index < -0.39 is 11.6 Å². The molecule has 0 unspecified atom stereocenters. The Labute approximate surface area is 123 Å². The molecule has 1 heterocycles. The van der Waals surface area contributed by atoms with Gasteiger partial charge in [-0.3, -0.25) is 4.98 Å². The van der Waals surface area contributed by atoms with Gasteiger partial charge in [0.1, 0.15) is 5.75 Å². The van der Waals surface area contributed by atoms with Crippen LogP contribution in [0.3, 0.4) is 0 Å². The number of esters is 1. The first-order valence-corrected chi connectivity index (χ1v) is 6.57. The van der Waals surface area contributed by atoms with Crippen LogP contribution in [0.1, 0.15) is 18.1 Å². The lowest BCUT2D eigenvalue weighted by Gasteiger charge is -2.26. The van der Waals surface area contributed by atoms with Gasteiger partial charge in [-0.05, 0) is 30.7 Å². The lowest BCUT2D eigenvalue weighted by Crippen LogP contribution is -2.38. The van der Waals surface area contributed by atoms with Gasteiger partial charge in [0, 0.05) is 18.0 Å². The van der Waals surface area contributed by atoms with E-state index in [4.69, 9.17) is 9.47 Å². The summed E-state index contributed by atoms with van der Waals surface area (Å²) in [4.78, 5) is 16.2. The van der Waals surface area contributed by atoms with E-state index in [9.17, 15) is 9.90 Å². The van der Waals surface area contributed by atoms with Crippen molar-refractivity contribution in [1.82, 2.24) is 4.98 Å². The van der Waals surface area contributed by atoms with Crippen LogP contribution in [0.15, 0.2) is 48.8 Å². The molecule has 21 heavy (non-hydrogen) atoms. The second-order valence-electron chi connectivity index (χ2n) is 4.40. The van der Waals surface area contributed by atoms with E-state index in [2.05, 4.69) is 4.98 Å². The van der Waals surface area contributed by atoms with E-state index in [1.54, 1.807) is 56.6 Å². The van der Waals surface area contributed by atoms with Gasteiger partial charge < -0.3 is 14.6 Å². The molecule has 1 aromatic carbocycles. The Bertz CT molecular complexity index is 597. The van der Waals surface area contributed by atoms with Gasteiger partial charge in [0.05, 0.1) is 13.7 Å². The first kappa shape index (κ1) is 15.0. The SMILES string of the molecule is CCOC(=O)[C@@](O)(c1ccc(OC)cc1)c1cccnc1. The van der Waals surface area contributed by atoms with Crippen molar-refractivity contribution < 1.29 is 19.4 Å². The molecule has 2 aromatic rings. The number of rotatable bonds is 5. The van der Waals surface area contributed by atoms with Gasteiger partial charge in [0.25, 0.3) is 0 Å². The van der Waals surface area contributed by atoms with Crippen molar-refractivity contribution >= 4 is 5.97 Å². The number of methoxy groups -OCH3 is 1. The predicted molar refractivity (Wildman–Crippen MR) is 76.9 cm³/mol. The topological polar surface area (TPSA) is 68.7 Å². The first-order chi connectivity index (χ1) is 10.1. The molecule has 0 aliphatic rings. The molecule has 110 valence electrons. The molecule has 0 bridgehead atoms. The number of aliphatic hydroxyl groups is 1.